The maximum Gasteiger partial charge on any atom is 0.145 e. The monoisotopic (exact) mass is 263 g/mol. The molecule has 2 rings (SSSR count). The van der Waals surface area contributed by atoms with E-state index in [0.29, 0.717) is 12.1 Å². The molecule has 1 saturated heterocycles. The maximum atomic E-state index is 9.31. The van der Waals surface area contributed by atoms with Crippen LogP contribution < -0.4 is 10.6 Å². The minimum absolute atomic E-state index is 0.195. The summed E-state index contributed by atoms with van der Waals surface area (Å²) in [5, 5.41) is 13.7. The van der Waals surface area contributed by atoms with E-state index in [4.69, 9.17) is 10.5 Å². The number of methoxy groups -OCH3 is 1. The molecule has 0 radical (unpaired) electrons. The van der Waals surface area contributed by atoms with Crippen molar-refractivity contribution < 1.29 is 4.74 Å². The van der Waals surface area contributed by atoms with E-state index < -0.39 is 0 Å². The summed E-state index contributed by atoms with van der Waals surface area (Å²) in [5.74, 6) is 0.880. The number of anilines is 1. The number of aryl methyl sites for hydroxylation is 2. The summed E-state index contributed by atoms with van der Waals surface area (Å²) in [6.07, 6.45) is 2.09. The second-order valence-corrected chi connectivity index (χ2v) is 4.98. The molecule has 0 aliphatic carbocycles. The van der Waals surface area contributed by atoms with Gasteiger partial charge < -0.3 is 15.4 Å². The van der Waals surface area contributed by atoms with Gasteiger partial charge in [0.05, 0.1) is 11.8 Å². The largest absolute Gasteiger partial charge is 0.381 e. The van der Waals surface area contributed by atoms with Crippen molar-refractivity contribution in [1.29, 1.82) is 5.26 Å². The van der Waals surface area contributed by atoms with Crippen LogP contribution in [0.3, 0.4) is 0 Å². The van der Waals surface area contributed by atoms with Crippen molar-refractivity contribution in [3.05, 3.63) is 11.3 Å². The first-order valence-corrected chi connectivity index (χ1v) is 6.55. The fraction of sp³-hybridized carbons (Fsp3) is 0.692. The van der Waals surface area contributed by atoms with Crippen molar-refractivity contribution in [1.82, 2.24) is 9.78 Å². The minimum atomic E-state index is 0.195. The SMILES string of the molecule is COC1CCN(c2c(C#N)c(C)nn2C)C(CN)C1. The molecule has 6 heteroatoms. The van der Waals surface area contributed by atoms with Crippen LogP contribution in [0.25, 0.3) is 0 Å². The summed E-state index contributed by atoms with van der Waals surface area (Å²) < 4.78 is 7.21. The number of nitrogens with zero attached hydrogens (tertiary/aromatic N) is 4. The fourth-order valence-corrected chi connectivity index (χ4v) is 2.84. The fourth-order valence-electron chi connectivity index (χ4n) is 2.84. The molecule has 0 spiro atoms. The van der Waals surface area contributed by atoms with Crippen molar-refractivity contribution in [2.45, 2.75) is 31.9 Å². The highest BCUT2D eigenvalue weighted by Gasteiger charge is 2.31. The van der Waals surface area contributed by atoms with Crippen molar-refractivity contribution in [3.63, 3.8) is 0 Å². The number of nitrogens with two attached hydrogens (primary N) is 1. The molecular weight excluding hydrogens is 242 g/mol. The third-order valence-corrected chi connectivity index (χ3v) is 3.85. The van der Waals surface area contributed by atoms with Gasteiger partial charge in [-0.1, -0.05) is 0 Å². The Kier molecular flexibility index (Phi) is 4.08. The summed E-state index contributed by atoms with van der Waals surface area (Å²) in [6, 6.07) is 2.45. The summed E-state index contributed by atoms with van der Waals surface area (Å²) in [5.41, 5.74) is 7.30. The van der Waals surface area contributed by atoms with Gasteiger partial charge in [-0.25, -0.2) is 0 Å². The van der Waals surface area contributed by atoms with Crippen LogP contribution in [0.2, 0.25) is 0 Å². The predicted molar refractivity (Wildman–Crippen MR) is 72.9 cm³/mol. The van der Waals surface area contributed by atoms with E-state index in [2.05, 4.69) is 16.1 Å². The van der Waals surface area contributed by atoms with Crippen molar-refractivity contribution >= 4 is 5.82 Å². The van der Waals surface area contributed by atoms with E-state index in [0.717, 1.165) is 30.9 Å². The van der Waals surface area contributed by atoms with Gasteiger partial charge in [0.25, 0.3) is 0 Å². The maximum absolute atomic E-state index is 9.31. The van der Waals surface area contributed by atoms with E-state index in [1.54, 1.807) is 11.8 Å². The van der Waals surface area contributed by atoms with Gasteiger partial charge in [0.15, 0.2) is 0 Å². The molecule has 1 aromatic heterocycles. The average molecular weight is 263 g/mol. The van der Waals surface area contributed by atoms with Crippen molar-refractivity contribution in [2.75, 3.05) is 25.1 Å². The first kappa shape index (κ1) is 13.8. The Hall–Kier alpha value is -1.58. The van der Waals surface area contributed by atoms with E-state index in [1.807, 2.05) is 14.0 Å². The highest BCUT2D eigenvalue weighted by Crippen LogP contribution is 2.29. The molecule has 0 amide bonds. The lowest BCUT2D eigenvalue weighted by Crippen LogP contribution is -2.49. The molecule has 1 fully saturated rings. The lowest BCUT2D eigenvalue weighted by atomic mass is 9.98. The number of rotatable bonds is 3. The summed E-state index contributed by atoms with van der Waals surface area (Å²) >= 11 is 0. The normalized spacial score (nSPS) is 23.4. The second kappa shape index (κ2) is 5.59. The minimum Gasteiger partial charge on any atom is -0.381 e. The molecule has 2 heterocycles. The van der Waals surface area contributed by atoms with E-state index in [9.17, 15) is 5.26 Å². The molecule has 19 heavy (non-hydrogen) atoms. The molecule has 1 aromatic rings. The molecular formula is C13H21N5O. The topological polar surface area (TPSA) is 80.1 Å². The Bertz CT molecular complexity index is 490. The van der Waals surface area contributed by atoms with Gasteiger partial charge in [-0.3, -0.25) is 4.68 Å². The summed E-state index contributed by atoms with van der Waals surface area (Å²) in [7, 11) is 3.61. The molecule has 0 aromatic carbocycles. The third-order valence-electron chi connectivity index (χ3n) is 3.85. The molecule has 0 bridgehead atoms. The Morgan fingerprint density at radius 2 is 2.32 bits per heavy atom. The van der Waals surface area contributed by atoms with Crippen LogP contribution >= 0.6 is 0 Å². The van der Waals surface area contributed by atoms with Gasteiger partial charge in [0, 0.05) is 33.3 Å². The van der Waals surface area contributed by atoms with Crippen molar-refractivity contribution in [3.8, 4) is 6.07 Å². The summed E-state index contributed by atoms with van der Waals surface area (Å²) in [4.78, 5) is 2.20. The standard InChI is InChI=1S/C13H21N5O/c1-9-12(8-15)13(17(2)16-9)18-5-4-11(19-3)6-10(18)7-14/h10-11H,4-7,14H2,1-3H3. The number of aromatic nitrogens is 2. The highest BCUT2D eigenvalue weighted by atomic mass is 16.5. The Balaban J connectivity index is 2.33. The number of ether oxygens (including phenoxy) is 1. The zero-order valence-electron chi connectivity index (χ0n) is 11.8. The first-order valence-electron chi connectivity index (χ1n) is 6.55. The van der Waals surface area contributed by atoms with Crippen LogP contribution in [0, 0.1) is 18.3 Å². The lowest BCUT2D eigenvalue weighted by molar-refractivity contribution is 0.0706. The molecule has 6 nitrogen and oxygen atoms in total. The van der Waals surface area contributed by atoms with E-state index in [1.165, 1.54) is 0 Å². The van der Waals surface area contributed by atoms with Gasteiger partial charge in [0.2, 0.25) is 0 Å². The van der Waals surface area contributed by atoms with E-state index >= 15 is 0 Å². The van der Waals surface area contributed by atoms with Crippen LogP contribution in [0.5, 0.6) is 0 Å². The predicted octanol–water partition coefficient (Wildman–Crippen LogP) is 0.543. The van der Waals surface area contributed by atoms with Crippen molar-refractivity contribution in [2.24, 2.45) is 12.8 Å². The van der Waals surface area contributed by atoms with Gasteiger partial charge in [0.1, 0.15) is 17.5 Å². The Morgan fingerprint density at radius 1 is 1.58 bits per heavy atom. The van der Waals surface area contributed by atoms with Gasteiger partial charge in [-0.2, -0.15) is 10.4 Å². The molecule has 104 valence electrons. The van der Waals surface area contributed by atoms with Gasteiger partial charge >= 0.3 is 0 Å². The number of nitriles is 1. The van der Waals surface area contributed by atoms with Crippen LogP contribution in [0.15, 0.2) is 0 Å². The third kappa shape index (κ3) is 2.44. The van der Waals surface area contributed by atoms with E-state index in [-0.39, 0.29) is 12.1 Å². The molecule has 0 saturated carbocycles. The Labute approximate surface area is 113 Å². The van der Waals surface area contributed by atoms with Crippen LogP contribution in [-0.2, 0) is 11.8 Å². The number of hydrogen-bond acceptors (Lipinski definition) is 5. The first-order chi connectivity index (χ1) is 9.12. The second-order valence-electron chi connectivity index (χ2n) is 4.98. The Morgan fingerprint density at radius 3 is 2.89 bits per heavy atom. The zero-order chi connectivity index (χ0) is 14.0. The van der Waals surface area contributed by atoms with Crippen LogP contribution in [0.4, 0.5) is 5.82 Å². The quantitative estimate of drug-likeness (QED) is 0.861. The molecule has 1 aliphatic rings. The van der Waals surface area contributed by atoms with Crippen LogP contribution in [0.1, 0.15) is 24.1 Å². The summed E-state index contributed by atoms with van der Waals surface area (Å²) in [6.45, 7) is 3.25. The average Bonchev–Trinajstić information content (AvgIpc) is 2.71. The molecule has 2 unspecified atom stereocenters. The molecule has 2 N–H and O–H groups in total. The smallest absolute Gasteiger partial charge is 0.145 e. The highest BCUT2D eigenvalue weighted by molar-refractivity contribution is 5.58. The lowest BCUT2D eigenvalue weighted by Gasteiger charge is -2.39. The number of piperidine rings is 1. The number of hydrogen-bond donors (Lipinski definition) is 1. The van der Waals surface area contributed by atoms with Gasteiger partial charge in [-0.15, -0.1) is 0 Å². The molecule has 2 atom stereocenters. The molecule has 1 aliphatic heterocycles. The van der Waals surface area contributed by atoms with Crippen LogP contribution in [-0.4, -0.2) is 42.1 Å². The zero-order valence-corrected chi connectivity index (χ0v) is 11.8. The van der Waals surface area contributed by atoms with Gasteiger partial charge in [-0.05, 0) is 19.8 Å².